The van der Waals surface area contributed by atoms with E-state index in [0.717, 1.165) is 37.2 Å². The van der Waals surface area contributed by atoms with Crippen LogP contribution in [-0.2, 0) is 4.79 Å². The van der Waals surface area contributed by atoms with Gasteiger partial charge in [-0.2, -0.15) is 0 Å². The normalized spacial score (nSPS) is 18.3. The number of primary amides is 1. The molecule has 1 heterocycles. The van der Waals surface area contributed by atoms with Crippen LogP contribution in [0.15, 0.2) is 24.3 Å². The van der Waals surface area contributed by atoms with Gasteiger partial charge in [0.1, 0.15) is 11.8 Å². The van der Waals surface area contributed by atoms with Crippen molar-refractivity contribution in [1.82, 2.24) is 4.90 Å². The number of hydrogen-bond acceptors (Lipinski definition) is 3. The molecule has 0 saturated carbocycles. The zero-order chi connectivity index (χ0) is 13.0. The maximum atomic E-state index is 11.7. The molecule has 0 spiro atoms. The van der Waals surface area contributed by atoms with Gasteiger partial charge < -0.3 is 10.5 Å². The molecule has 2 N–H and O–H groups in total. The third kappa shape index (κ3) is 2.82. The highest BCUT2D eigenvalue weighted by atomic mass is 16.5. The summed E-state index contributed by atoms with van der Waals surface area (Å²) in [6.45, 7) is 1.89. The van der Waals surface area contributed by atoms with Crippen LogP contribution in [-0.4, -0.2) is 31.0 Å². The van der Waals surface area contributed by atoms with Crippen molar-refractivity contribution in [3.63, 3.8) is 0 Å². The van der Waals surface area contributed by atoms with E-state index in [0.29, 0.717) is 0 Å². The van der Waals surface area contributed by atoms with E-state index in [9.17, 15) is 4.79 Å². The summed E-state index contributed by atoms with van der Waals surface area (Å²) in [4.78, 5) is 13.9. The van der Waals surface area contributed by atoms with E-state index in [4.69, 9.17) is 10.5 Å². The molecule has 98 valence electrons. The van der Waals surface area contributed by atoms with Crippen molar-refractivity contribution >= 4 is 5.91 Å². The zero-order valence-corrected chi connectivity index (χ0v) is 10.8. The minimum absolute atomic E-state index is 0.276. The molecule has 1 atom stereocenters. The number of likely N-dealkylation sites (tertiary alicyclic amines) is 1. The number of benzene rings is 1. The van der Waals surface area contributed by atoms with Gasteiger partial charge in [-0.3, -0.25) is 9.69 Å². The SMILES string of the molecule is COc1ccc(C(C(N)=O)N2CCCCC2)cc1. The van der Waals surface area contributed by atoms with Crippen molar-refractivity contribution in [3.8, 4) is 5.75 Å². The van der Waals surface area contributed by atoms with Crippen molar-refractivity contribution in [2.24, 2.45) is 5.73 Å². The molecular weight excluding hydrogens is 228 g/mol. The van der Waals surface area contributed by atoms with Crippen molar-refractivity contribution in [3.05, 3.63) is 29.8 Å². The van der Waals surface area contributed by atoms with E-state index >= 15 is 0 Å². The molecule has 0 bridgehead atoms. The molecule has 0 aromatic heterocycles. The Morgan fingerprint density at radius 1 is 1.22 bits per heavy atom. The summed E-state index contributed by atoms with van der Waals surface area (Å²) < 4.78 is 5.13. The van der Waals surface area contributed by atoms with E-state index in [1.165, 1.54) is 6.42 Å². The molecule has 1 aromatic carbocycles. The molecular formula is C14H20N2O2. The van der Waals surface area contributed by atoms with Crippen LogP contribution in [0, 0.1) is 0 Å². The van der Waals surface area contributed by atoms with E-state index in [1.54, 1.807) is 7.11 Å². The number of nitrogens with two attached hydrogens (primary N) is 1. The summed E-state index contributed by atoms with van der Waals surface area (Å²) in [7, 11) is 1.63. The molecule has 1 unspecified atom stereocenters. The predicted octanol–water partition coefficient (Wildman–Crippen LogP) is 1.71. The van der Waals surface area contributed by atoms with E-state index in [1.807, 2.05) is 24.3 Å². The summed E-state index contributed by atoms with van der Waals surface area (Å²) in [5.41, 5.74) is 6.51. The van der Waals surface area contributed by atoms with Gasteiger partial charge in [-0.15, -0.1) is 0 Å². The van der Waals surface area contributed by atoms with Gasteiger partial charge in [0.25, 0.3) is 0 Å². The number of rotatable bonds is 4. The van der Waals surface area contributed by atoms with E-state index in [2.05, 4.69) is 4.90 Å². The van der Waals surface area contributed by atoms with Gasteiger partial charge in [-0.05, 0) is 43.6 Å². The van der Waals surface area contributed by atoms with Gasteiger partial charge in [0, 0.05) is 0 Å². The number of ether oxygens (including phenoxy) is 1. The number of methoxy groups -OCH3 is 1. The molecule has 0 aliphatic carbocycles. The monoisotopic (exact) mass is 248 g/mol. The second kappa shape index (κ2) is 5.87. The molecule has 1 fully saturated rings. The number of nitrogens with zero attached hydrogens (tertiary/aromatic N) is 1. The number of piperidine rings is 1. The van der Waals surface area contributed by atoms with Gasteiger partial charge in [-0.1, -0.05) is 18.6 Å². The molecule has 18 heavy (non-hydrogen) atoms. The molecule has 4 nitrogen and oxygen atoms in total. The Kier molecular flexibility index (Phi) is 4.20. The molecule has 4 heteroatoms. The smallest absolute Gasteiger partial charge is 0.239 e. The molecule has 1 saturated heterocycles. The summed E-state index contributed by atoms with van der Waals surface area (Å²) >= 11 is 0. The van der Waals surface area contributed by atoms with E-state index in [-0.39, 0.29) is 11.9 Å². The Balaban J connectivity index is 2.20. The Hall–Kier alpha value is -1.55. The summed E-state index contributed by atoms with van der Waals surface area (Å²) in [6.07, 6.45) is 3.52. The van der Waals surface area contributed by atoms with Crippen LogP contribution in [0.1, 0.15) is 30.9 Å². The molecule has 1 amide bonds. The largest absolute Gasteiger partial charge is 0.497 e. The minimum Gasteiger partial charge on any atom is -0.497 e. The Morgan fingerprint density at radius 2 is 1.83 bits per heavy atom. The molecule has 1 aliphatic heterocycles. The number of carbonyl (C=O) groups excluding carboxylic acids is 1. The minimum atomic E-state index is -0.309. The summed E-state index contributed by atoms with van der Waals surface area (Å²) in [5, 5.41) is 0. The van der Waals surface area contributed by atoms with Gasteiger partial charge in [0.05, 0.1) is 7.11 Å². The quantitative estimate of drug-likeness (QED) is 0.882. The van der Waals surface area contributed by atoms with Gasteiger partial charge in [0.2, 0.25) is 5.91 Å². The van der Waals surface area contributed by atoms with Crippen LogP contribution in [0.25, 0.3) is 0 Å². The van der Waals surface area contributed by atoms with Crippen molar-refractivity contribution in [2.75, 3.05) is 20.2 Å². The van der Waals surface area contributed by atoms with Crippen LogP contribution in [0.2, 0.25) is 0 Å². The topological polar surface area (TPSA) is 55.6 Å². The first-order valence-electron chi connectivity index (χ1n) is 6.39. The van der Waals surface area contributed by atoms with Gasteiger partial charge >= 0.3 is 0 Å². The van der Waals surface area contributed by atoms with Crippen LogP contribution >= 0.6 is 0 Å². The summed E-state index contributed by atoms with van der Waals surface area (Å²) in [5.74, 6) is 0.516. The van der Waals surface area contributed by atoms with Crippen LogP contribution < -0.4 is 10.5 Å². The number of carbonyl (C=O) groups is 1. The predicted molar refractivity (Wildman–Crippen MR) is 70.4 cm³/mol. The lowest BCUT2D eigenvalue weighted by Gasteiger charge is -2.32. The molecule has 1 aliphatic rings. The first-order chi connectivity index (χ1) is 8.72. The van der Waals surface area contributed by atoms with Crippen LogP contribution in [0.3, 0.4) is 0 Å². The second-order valence-electron chi connectivity index (χ2n) is 4.67. The van der Waals surface area contributed by atoms with Crippen molar-refractivity contribution in [1.29, 1.82) is 0 Å². The van der Waals surface area contributed by atoms with Crippen molar-refractivity contribution < 1.29 is 9.53 Å². The summed E-state index contributed by atoms with van der Waals surface area (Å²) in [6, 6.07) is 7.27. The third-order valence-electron chi connectivity index (χ3n) is 3.46. The Labute approximate surface area is 108 Å². The third-order valence-corrected chi connectivity index (χ3v) is 3.46. The van der Waals surface area contributed by atoms with Crippen LogP contribution in [0.4, 0.5) is 0 Å². The lowest BCUT2D eigenvalue weighted by Crippen LogP contribution is -2.40. The Morgan fingerprint density at radius 3 is 2.33 bits per heavy atom. The first-order valence-corrected chi connectivity index (χ1v) is 6.39. The zero-order valence-electron chi connectivity index (χ0n) is 10.8. The maximum absolute atomic E-state index is 11.7. The highest BCUT2D eigenvalue weighted by molar-refractivity contribution is 5.81. The standard InChI is InChI=1S/C14H20N2O2/c1-18-12-7-5-11(6-8-12)13(14(15)17)16-9-3-2-4-10-16/h5-8,13H,2-4,9-10H2,1H3,(H2,15,17). The average molecular weight is 248 g/mol. The van der Waals surface area contributed by atoms with Crippen molar-refractivity contribution in [2.45, 2.75) is 25.3 Å². The molecule has 2 rings (SSSR count). The molecule has 1 aromatic rings. The fourth-order valence-electron chi connectivity index (χ4n) is 2.52. The molecule has 0 radical (unpaired) electrons. The Bertz CT molecular complexity index is 397. The maximum Gasteiger partial charge on any atom is 0.239 e. The first kappa shape index (κ1) is 12.9. The van der Waals surface area contributed by atoms with Gasteiger partial charge in [0.15, 0.2) is 0 Å². The second-order valence-corrected chi connectivity index (χ2v) is 4.67. The fraction of sp³-hybridized carbons (Fsp3) is 0.500. The van der Waals surface area contributed by atoms with Gasteiger partial charge in [-0.25, -0.2) is 0 Å². The lowest BCUT2D eigenvalue weighted by molar-refractivity contribution is -0.123. The number of hydrogen-bond donors (Lipinski definition) is 1. The fourth-order valence-corrected chi connectivity index (χ4v) is 2.52. The highest BCUT2D eigenvalue weighted by Crippen LogP contribution is 2.25. The highest BCUT2D eigenvalue weighted by Gasteiger charge is 2.26. The van der Waals surface area contributed by atoms with Crippen LogP contribution in [0.5, 0.6) is 5.75 Å². The lowest BCUT2D eigenvalue weighted by atomic mass is 10.0. The average Bonchev–Trinajstić information content (AvgIpc) is 2.40. The number of amides is 1. The van der Waals surface area contributed by atoms with E-state index < -0.39 is 0 Å².